The second kappa shape index (κ2) is 5.24. The van der Waals surface area contributed by atoms with Crippen molar-refractivity contribution in [2.24, 2.45) is 5.92 Å². The van der Waals surface area contributed by atoms with Gasteiger partial charge < -0.3 is 20.0 Å². The lowest BCUT2D eigenvalue weighted by atomic mass is 9.85. The fourth-order valence-corrected chi connectivity index (χ4v) is 4.07. The van der Waals surface area contributed by atoms with Crippen LogP contribution in [0.5, 0.6) is 0 Å². The average molecular weight is 282 g/mol. The number of aliphatic carboxylic acids is 1. The van der Waals surface area contributed by atoms with Crippen molar-refractivity contribution in [3.05, 3.63) is 0 Å². The maximum atomic E-state index is 12.6. The van der Waals surface area contributed by atoms with Gasteiger partial charge in [-0.2, -0.15) is 0 Å². The summed E-state index contributed by atoms with van der Waals surface area (Å²) in [5.74, 6) is -0.433. The van der Waals surface area contributed by atoms with Crippen LogP contribution < -0.4 is 0 Å². The highest BCUT2D eigenvalue weighted by atomic mass is 16.4. The van der Waals surface area contributed by atoms with Gasteiger partial charge in [0.2, 0.25) is 0 Å². The number of carboxylic acids is 1. The molecule has 2 aliphatic heterocycles. The van der Waals surface area contributed by atoms with Gasteiger partial charge in [-0.05, 0) is 25.2 Å². The third-order valence-electron chi connectivity index (χ3n) is 5.07. The van der Waals surface area contributed by atoms with Gasteiger partial charge >= 0.3 is 12.0 Å². The van der Waals surface area contributed by atoms with Gasteiger partial charge in [-0.25, -0.2) is 9.59 Å². The summed E-state index contributed by atoms with van der Waals surface area (Å²) in [6.07, 6.45) is 5.06. The molecule has 0 aromatic carbocycles. The van der Waals surface area contributed by atoms with Crippen molar-refractivity contribution in [1.29, 1.82) is 0 Å². The van der Waals surface area contributed by atoms with E-state index in [2.05, 4.69) is 0 Å². The molecule has 4 unspecified atom stereocenters. The first-order valence-electron chi connectivity index (χ1n) is 7.56. The number of hydrogen-bond donors (Lipinski definition) is 2. The van der Waals surface area contributed by atoms with E-state index < -0.39 is 18.1 Å². The molecular weight excluding hydrogens is 260 g/mol. The minimum atomic E-state index is -1.02. The van der Waals surface area contributed by atoms with Crippen molar-refractivity contribution in [3.8, 4) is 0 Å². The van der Waals surface area contributed by atoms with E-state index in [0.717, 1.165) is 25.8 Å². The van der Waals surface area contributed by atoms with E-state index in [-0.39, 0.29) is 25.0 Å². The van der Waals surface area contributed by atoms with Crippen LogP contribution in [0.25, 0.3) is 0 Å². The lowest BCUT2D eigenvalue weighted by Gasteiger charge is -2.35. The number of β-amino-alcohol motifs (C(OH)–C–C–N with tert-alkyl or cyclic N) is 1. The molecule has 20 heavy (non-hydrogen) atoms. The second-order valence-corrected chi connectivity index (χ2v) is 6.27. The molecule has 0 aromatic heterocycles. The molecule has 0 aromatic rings. The van der Waals surface area contributed by atoms with Gasteiger partial charge in [0, 0.05) is 25.6 Å². The Bertz CT molecular complexity index is 414. The number of amides is 2. The predicted octanol–water partition coefficient (Wildman–Crippen LogP) is 0.891. The normalized spacial score (nSPS) is 37.0. The van der Waals surface area contributed by atoms with Crippen LogP contribution in [0.1, 0.15) is 38.5 Å². The maximum Gasteiger partial charge on any atom is 0.326 e. The van der Waals surface area contributed by atoms with Gasteiger partial charge in [0.1, 0.15) is 6.04 Å². The van der Waals surface area contributed by atoms with Crippen molar-refractivity contribution in [1.82, 2.24) is 9.80 Å². The smallest absolute Gasteiger partial charge is 0.326 e. The van der Waals surface area contributed by atoms with Crippen LogP contribution in [0.3, 0.4) is 0 Å². The lowest BCUT2D eigenvalue weighted by Crippen LogP contribution is -2.50. The zero-order valence-corrected chi connectivity index (χ0v) is 11.6. The van der Waals surface area contributed by atoms with Crippen molar-refractivity contribution in [3.63, 3.8) is 0 Å². The molecule has 2 N–H and O–H groups in total. The number of aliphatic hydroxyl groups excluding tert-OH is 1. The third kappa shape index (κ3) is 2.26. The van der Waals surface area contributed by atoms with Crippen LogP contribution in [-0.4, -0.2) is 63.3 Å². The largest absolute Gasteiger partial charge is 0.480 e. The molecule has 112 valence electrons. The predicted molar refractivity (Wildman–Crippen MR) is 71.2 cm³/mol. The van der Waals surface area contributed by atoms with E-state index in [9.17, 15) is 19.8 Å². The van der Waals surface area contributed by atoms with Crippen molar-refractivity contribution >= 4 is 12.0 Å². The topological polar surface area (TPSA) is 81.1 Å². The Morgan fingerprint density at radius 3 is 2.55 bits per heavy atom. The van der Waals surface area contributed by atoms with Crippen LogP contribution in [0.15, 0.2) is 0 Å². The number of fused-ring (bicyclic) bond motifs is 1. The molecule has 2 saturated heterocycles. The molecule has 1 saturated carbocycles. The number of aliphatic hydroxyl groups is 1. The van der Waals surface area contributed by atoms with Gasteiger partial charge in [0.15, 0.2) is 0 Å². The fourth-order valence-electron chi connectivity index (χ4n) is 4.07. The summed E-state index contributed by atoms with van der Waals surface area (Å²) < 4.78 is 0. The van der Waals surface area contributed by atoms with Crippen LogP contribution >= 0.6 is 0 Å². The molecule has 6 nitrogen and oxygen atoms in total. The molecule has 3 aliphatic rings. The first-order valence-corrected chi connectivity index (χ1v) is 7.56. The standard InChI is InChI=1S/C14H22N2O4/c17-10-7-12(13(18)19)16(8-10)14(20)15-6-5-9-3-1-2-4-11(9)15/h9-12,17H,1-8H2,(H,18,19). The molecule has 3 fully saturated rings. The Balaban J connectivity index is 1.73. The van der Waals surface area contributed by atoms with E-state index >= 15 is 0 Å². The average Bonchev–Trinajstić information content (AvgIpc) is 3.01. The molecular formula is C14H22N2O4. The number of hydrogen-bond acceptors (Lipinski definition) is 3. The SMILES string of the molecule is O=C(O)C1CC(O)CN1C(=O)N1CCC2CCCCC21. The molecule has 1 aliphatic carbocycles. The monoisotopic (exact) mass is 282 g/mol. The Labute approximate surface area is 118 Å². The molecule has 0 bridgehead atoms. The summed E-state index contributed by atoms with van der Waals surface area (Å²) in [4.78, 5) is 27.1. The Kier molecular flexibility index (Phi) is 3.58. The van der Waals surface area contributed by atoms with E-state index in [4.69, 9.17) is 0 Å². The van der Waals surface area contributed by atoms with Gasteiger partial charge in [0.05, 0.1) is 6.10 Å². The molecule has 2 amide bonds. The maximum absolute atomic E-state index is 12.6. The zero-order chi connectivity index (χ0) is 14.3. The minimum absolute atomic E-state index is 0.142. The summed E-state index contributed by atoms with van der Waals surface area (Å²) in [6, 6.07) is -0.785. The van der Waals surface area contributed by atoms with Crippen molar-refractivity contribution in [2.75, 3.05) is 13.1 Å². The van der Waals surface area contributed by atoms with Gasteiger partial charge in [-0.15, -0.1) is 0 Å². The van der Waals surface area contributed by atoms with Crippen molar-refractivity contribution in [2.45, 2.75) is 56.7 Å². The Hall–Kier alpha value is -1.30. The Morgan fingerprint density at radius 2 is 1.80 bits per heavy atom. The molecule has 0 radical (unpaired) electrons. The highest BCUT2D eigenvalue weighted by molar-refractivity contribution is 5.84. The van der Waals surface area contributed by atoms with E-state index in [1.165, 1.54) is 17.7 Å². The minimum Gasteiger partial charge on any atom is -0.480 e. The second-order valence-electron chi connectivity index (χ2n) is 6.27. The number of nitrogens with zero attached hydrogens (tertiary/aromatic N) is 2. The van der Waals surface area contributed by atoms with Gasteiger partial charge in [-0.3, -0.25) is 0 Å². The first-order chi connectivity index (χ1) is 9.58. The molecule has 4 atom stereocenters. The van der Waals surface area contributed by atoms with Crippen LogP contribution in [0, 0.1) is 5.92 Å². The van der Waals surface area contributed by atoms with Crippen LogP contribution in [0.2, 0.25) is 0 Å². The van der Waals surface area contributed by atoms with E-state index in [1.54, 1.807) is 0 Å². The van der Waals surface area contributed by atoms with E-state index in [1.807, 2.05) is 4.90 Å². The molecule has 3 rings (SSSR count). The number of carboxylic acid groups (broad SMARTS) is 1. The van der Waals surface area contributed by atoms with Gasteiger partial charge in [0.25, 0.3) is 0 Å². The number of likely N-dealkylation sites (tertiary alicyclic amines) is 2. The number of carbonyl (C=O) groups is 2. The fraction of sp³-hybridized carbons (Fsp3) is 0.857. The summed E-state index contributed by atoms with van der Waals surface area (Å²) in [5.41, 5.74) is 0. The molecule has 2 heterocycles. The van der Waals surface area contributed by atoms with Gasteiger partial charge in [-0.1, -0.05) is 12.8 Å². The summed E-state index contributed by atoms with van der Waals surface area (Å²) in [7, 11) is 0. The number of carbonyl (C=O) groups excluding carboxylic acids is 1. The summed E-state index contributed by atoms with van der Waals surface area (Å²) in [5, 5.41) is 18.9. The summed E-state index contributed by atoms with van der Waals surface area (Å²) >= 11 is 0. The zero-order valence-electron chi connectivity index (χ0n) is 11.6. The van der Waals surface area contributed by atoms with E-state index in [0.29, 0.717) is 5.92 Å². The number of rotatable bonds is 1. The quantitative estimate of drug-likeness (QED) is 0.748. The first kappa shape index (κ1) is 13.7. The molecule has 6 heteroatoms. The van der Waals surface area contributed by atoms with Crippen LogP contribution in [-0.2, 0) is 4.79 Å². The lowest BCUT2D eigenvalue weighted by molar-refractivity contribution is -0.141. The highest BCUT2D eigenvalue weighted by Crippen LogP contribution is 2.37. The molecule has 0 spiro atoms. The number of urea groups is 1. The van der Waals surface area contributed by atoms with Crippen molar-refractivity contribution < 1.29 is 19.8 Å². The highest BCUT2D eigenvalue weighted by Gasteiger charge is 2.45. The van der Waals surface area contributed by atoms with Crippen LogP contribution in [0.4, 0.5) is 4.79 Å². The Morgan fingerprint density at radius 1 is 1.05 bits per heavy atom. The third-order valence-corrected chi connectivity index (χ3v) is 5.07. The summed E-state index contributed by atoms with van der Waals surface area (Å²) in [6.45, 7) is 0.872.